The summed E-state index contributed by atoms with van der Waals surface area (Å²) in [5, 5.41) is 0. The SMILES string of the molecule is CCN1c2cc(OC)c(C=Nc3ccccc3C)cc2C(C)CC1(C)C. The lowest BCUT2D eigenvalue weighted by Crippen LogP contribution is -2.48. The van der Waals surface area contributed by atoms with E-state index in [-0.39, 0.29) is 5.54 Å². The third-order valence-electron chi connectivity index (χ3n) is 5.51. The third-order valence-corrected chi connectivity index (χ3v) is 5.51. The fourth-order valence-electron chi connectivity index (χ4n) is 4.25. The maximum absolute atomic E-state index is 5.71. The van der Waals surface area contributed by atoms with E-state index in [0.29, 0.717) is 5.92 Å². The minimum Gasteiger partial charge on any atom is -0.496 e. The molecule has 0 spiro atoms. The molecule has 1 aliphatic rings. The van der Waals surface area contributed by atoms with E-state index >= 15 is 0 Å². The largest absolute Gasteiger partial charge is 0.496 e. The molecule has 0 radical (unpaired) electrons. The molecule has 0 saturated heterocycles. The molecule has 1 unspecified atom stereocenters. The summed E-state index contributed by atoms with van der Waals surface area (Å²) in [7, 11) is 1.74. The molecular weight excluding hydrogens is 320 g/mol. The topological polar surface area (TPSA) is 24.8 Å². The maximum Gasteiger partial charge on any atom is 0.129 e. The van der Waals surface area contributed by atoms with Gasteiger partial charge >= 0.3 is 0 Å². The van der Waals surface area contributed by atoms with Crippen molar-refractivity contribution >= 4 is 17.6 Å². The summed E-state index contributed by atoms with van der Waals surface area (Å²) >= 11 is 0. The average molecular weight is 351 g/mol. The fraction of sp³-hybridized carbons (Fsp3) is 0.435. The zero-order valence-electron chi connectivity index (χ0n) is 16.8. The van der Waals surface area contributed by atoms with Gasteiger partial charge in [0.1, 0.15) is 5.75 Å². The molecule has 1 aliphatic heterocycles. The molecular formula is C23H30N2O. The van der Waals surface area contributed by atoms with Gasteiger partial charge in [-0.15, -0.1) is 0 Å². The van der Waals surface area contributed by atoms with Crippen LogP contribution in [0.4, 0.5) is 11.4 Å². The van der Waals surface area contributed by atoms with Crippen molar-refractivity contribution in [3.63, 3.8) is 0 Å². The quantitative estimate of drug-likeness (QED) is 0.645. The Morgan fingerprint density at radius 3 is 2.65 bits per heavy atom. The number of para-hydroxylation sites is 1. The zero-order valence-corrected chi connectivity index (χ0v) is 16.8. The van der Waals surface area contributed by atoms with Crippen molar-refractivity contribution in [1.82, 2.24) is 0 Å². The molecule has 3 rings (SSSR count). The van der Waals surface area contributed by atoms with Crippen LogP contribution in [0.15, 0.2) is 41.4 Å². The van der Waals surface area contributed by atoms with Crippen molar-refractivity contribution in [3.8, 4) is 5.75 Å². The molecule has 138 valence electrons. The van der Waals surface area contributed by atoms with Gasteiger partial charge in [-0.25, -0.2) is 0 Å². The van der Waals surface area contributed by atoms with Crippen molar-refractivity contribution in [2.75, 3.05) is 18.6 Å². The monoisotopic (exact) mass is 350 g/mol. The highest BCUT2D eigenvalue weighted by Gasteiger charge is 2.36. The molecule has 3 nitrogen and oxygen atoms in total. The van der Waals surface area contributed by atoms with Gasteiger partial charge in [0.05, 0.1) is 12.8 Å². The number of ether oxygens (including phenoxy) is 1. The van der Waals surface area contributed by atoms with E-state index in [1.165, 1.54) is 16.8 Å². The van der Waals surface area contributed by atoms with Gasteiger partial charge in [-0.1, -0.05) is 25.1 Å². The lowest BCUT2D eigenvalue weighted by Gasteiger charge is -2.47. The van der Waals surface area contributed by atoms with Crippen LogP contribution in [-0.4, -0.2) is 25.4 Å². The Morgan fingerprint density at radius 1 is 1.27 bits per heavy atom. The van der Waals surface area contributed by atoms with Gasteiger partial charge in [0.15, 0.2) is 0 Å². The van der Waals surface area contributed by atoms with E-state index in [1.54, 1.807) is 7.11 Å². The molecule has 0 aliphatic carbocycles. The van der Waals surface area contributed by atoms with Crippen LogP contribution in [0, 0.1) is 6.92 Å². The van der Waals surface area contributed by atoms with E-state index in [0.717, 1.165) is 30.0 Å². The van der Waals surface area contributed by atoms with Crippen LogP contribution >= 0.6 is 0 Å². The second kappa shape index (κ2) is 7.14. The lowest BCUT2D eigenvalue weighted by atomic mass is 9.79. The normalized spacial score (nSPS) is 18.8. The Hall–Kier alpha value is -2.29. The van der Waals surface area contributed by atoms with Gasteiger partial charge in [0.25, 0.3) is 0 Å². The van der Waals surface area contributed by atoms with Crippen molar-refractivity contribution < 1.29 is 4.74 Å². The Bertz CT molecular complexity index is 823. The highest BCUT2D eigenvalue weighted by molar-refractivity contribution is 5.88. The number of fused-ring (bicyclic) bond motifs is 1. The minimum absolute atomic E-state index is 0.156. The molecule has 0 fully saturated rings. The second-order valence-electron chi connectivity index (χ2n) is 7.86. The summed E-state index contributed by atoms with van der Waals surface area (Å²) in [4.78, 5) is 7.20. The van der Waals surface area contributed by atoms with Crippen LogP contribution in [0.3, 0.4) is 0 Å². The summed E-state index contributed by atoms with van der Waals surface area (Å²) in [5.41, 5.74) is 6.05. The Labute approximate surface area is 157 Å². The summed E-state index contributed by atoms with van der Waals surface area (Å²) in [6.07, 6.45) is 3.08. The Balaban J connectivity index is 2.06. The second-order valence-corrected chi connectivity index (χ2v) is 7.86. The van der Waals surface area contributed by atoms with Crippen LogP contribution in [0.25, 0.3) is 0 Å². The Kier molecular flexibility index (Phi) is 5.08. The first-order valence-corrected chi connectivity index (χ1v) is 9.46. The van der Waals surface area contributed by atoms with Gasteiger partial charge in [-0.2, -0.15) is 0 Å². The number of nitrogens with zero attached hydrogens (tertiary/aromatic N) is 2. The van der Waals surface area contributed by atoms with Crippen LogP contribution < -0.4 is 9.64 Å². The van der Waals surface area contributed by atoms with Crippen molar-refractivity contribution in [3.05, 3.63) is 53.1 Å². The van der Waals surface area contributed by atoms with Gasteiger partial charge < -0.3 is 9.64 Å². The number of rotatable bonds is 4. The van der Waals surface area contributed by atoms with E-state index in [1.807, 2.05) is 24.4 Å². The van der Waals surface area contributed by atoms with E-state index < -0.39 is 0 Å². The number of methoxy groups -OCH3 is 1. The molecule has 3 heteroatoms. The van der Waals surface area contributed by atoms with Crippen molar-refractivity contribution in [2.45, 2.75) is 52.5 Å². The molecule has 26 heavy (non-hydrogen) atoms. The molecule has 1 heterocycles. The zero-order chi connectivity index (χ0) is 18.9. The van der Waals surface area contributed by atoms with Gasteiger partial charge in [0.2, 0.25) is 0 Å². The molecule has 2 aromatic carbocycles. The van der Waals surface area contributed by atoms with Crippen LogP contribution in [-0.2, 0) is 0 Å². The maximum atomic E-state index is 5.71. The highest BCUT2D eigenvalue weighted by Crippen LogP contribution is 2.45. The van der Waals surface area contributed by atoms with Crippen molar-refractivity contribution in [1.29, 1.82) is 0 Å². The standard InChI is InChI=1S/C23H30N2O/c1-7-25-21-13-22(26-6)18(12-19(21)17(3)14-23(25,4)5)15-24-20-11-9-8-10-16(20)2/h8-13,15,17H,7,14H2,1-6H3. The van der Waals surface area contributed by atoms with E-state index in [9.17, 15) is 0 Å². The molecule has 1 atom stereocenters. The first-order chi connectivity index (χ1) is 12.4. The molecule has 0 saturated carbocycles. The average Bonchev–Trinajstić information content (AvgIpc) is 2.60. The lowest BCUT2D eigenvalue weighted by molar-refractivity contribution is 0.377. The smallest absolute Gasteiger partial charge is 0.129 e. The van der Waals surface area contributed by atoms with Gasteiger partial charge in [-0.05, 0) is 63.3 Å². The molecule has 0 bridgehead atoms. The number of aliphatic imine (C=N–C) groups is 1. The Morgan fingerprint density at radius 2 is 2.00 bits per heavy atom. The minimum atomic E-state index is 0.156. The first-order valence-electron chi connectivity index (χ1n) is 9.46. The summed E-state index contributed by atoms with van der Waals surface area (Å²) in [6.45, 7) is 12.3. The fourth-order valence-corrected chi connectivity index (χ4v) is 4.25. The number of hydrogen-bond donors (Lipinski definition) is 0. The predicted molar refractivity (Wildman–Crippen MR) is 112 cm³/mol. The van der Waals surface area contributed by atoms with E-state index in [4.69, 9.17) is 9.73 Å². The number of hydrogen-bond acceptors (Lipinski definition) is 3. The molecule has 0 amide bonds. The number of benzene rings is 2. The summed E-state index contributed by atoms with van der Waals surface area (Å²) < 4.78 is 5.71. The van der Waals surface area contributed by atoms with Crippen molar-refractivity contribution in [2.24, 2.45) is 4.99 Å². The summed E-state index contributed by atoms with van der Waals surface area (Å²) in [6, 6.07) is 12.6. The molecule has 0 aromatic heterocycles. The van der Waals surface area contributed by atoms with Crippen LogP contribution in [0.5, 0.6) is 5.75 Å². The third kappa shape index (κ3) is 3.35. The first kappa shape index (κ1) is 18.5. The molecule has 2 aromatic rings. The number of anilines is 1. The van der Waals surface area contributed by atoms with E-state index in [2.05, 4.69) is 57.7 Å². The van der Waals surface area contributed by atoms with Gasteiger partial charge in [-0.3, -0.25) is 4.99 Å². The van der Waals surface area contributed by atoms with Crippen LogP contribution in [0.2, 0.25) is 0 Å². The number of aryl methyl sites for hydroxylation is 1. The molecule has 0 N–H and O–H groups in total. The predicted octanol–water partition coefficient (Wildman–Crippen LogP) is 5.87. The summed E-state index contributed by atoms with van der Waals surface area (Å²) in [5.74, 6) is 1.39. The highest BCUT2D eigenvalue weighted by atomic mass is 16.5. The van der Waals surface area contributed by atoms with Crippen LogP contribution in [0.1, 0.15) is 56.7 Å². The van der Waals surface area contributed by atoms with Gasteiger partial charge in [0, 0.05) is 35.6 Å².